The summed E-state index contributed by atoms with van der Waals surface area (Å²) in [6.45, 7) is 3.88. The molecule has 14 heavy (non-hydrogen) atoms. The predicted octanol–water partition coefficient (Wildman–Crippen LogP) is 1.84. The Balaban J connectivity index is 2.16. The maximum absolute atomic E-state index is 8.42. The number of hydrogen-bond donors (Lipinski definition) is 1. The third-order valence-electron chi connectivity index (χ3n) is 2.65. The molecule has 1 rings (SSSR count). The Morgan fingerprint density at radius 2 is 2.43 bits per heavy atom. The molecule has 0 bridgehead atoms. The van der Waals surface area contributed by atoms with Gasteiger partial charge in [-0.3, -0.25) is 0 Å². The molecule has 80 valence electrons. The van der Waals surface area contributed by atoms with Gasteiger partial charge in [-0.15, -0.1) is 0 Å². The summed E-state index contributed by atoms with van der Waals surface area (Å²) in [4.78, 5) is 0. The van der Waals surface area contributed by atoms with Crippen molar-refractivity contribution < 1.29 is 4.74 Å². The van der Waals surface area contributed by atoms with Gasteiger partial charge < -0.3 is 10.1 Å². The lowest BCUT2D eigenvalue weighted by Gasteiger charge is -2.29. The van der Waals surface area contributed by atoms with Crippen molar-refractivity contribution >= 4 is 0 Å². The van der Waals surface area contributed by atoms with E-state index in [1.165, 1.54) is 6.42 Å². The molecule has 1 aliphatic heterocycles. The molecule has 0 radical (unpaired) electrons. The van der Waals surface area contributed by atoms with E-state index < -0.39 is 0 Å². The molecule has 0 aromatic carbocycles. The predicted molar refractivity (Wildman–Crippen MR) is 55.9 cm³/mol. The number of nitrogens with zero attached hydrogens (tertiary/aromatic N) is 1. The van der Waals surface area contributed by atoms with E-state index in [0.717, 1.165) is 32.4 Å². The van der Waals surface area contributed by atoms with Crippen LogP contribution < -0.4 is 5.32 Å². The molecule has 1 aliphatic rings. The van der Waals surface area contributed by atoms with Crippen molar-refractivity contribution in [3.8, 4) is 6.07 Å². The number of ether oxygens (including phenoxy) is 1. The highest BCUT2D eigenvalue weighted by atomic mass is 16.5. The molecule has 0 saturated carbocycles. The van der Waals surface area contributed by atoms with Crippen LogP contribution in [0.25, 0.3) is 0 Å². The zero-order valence-electron chi connectivity index (χ0n) is 8.96. The molecule has 0 aromatic heterocycles. The highest BCUT2D eigenvalue weighted by molar-refractivity contribution is 4.79. The van der Waals surface area contributed by atoms with Gasteiger partial charge in [0.1, 0.15) is 0 Å². The normalized spacial score (nSPS) is 27.1. The van der Waals surface area contributed by atoms with Gasteiger partial charge in [-0.2, -0.15) is 5.26 Å². The number of hydrogen-bond acceptors (Lipinski definition) is 3. The molecular formula is C11H20N2O. The number of nitriles is 1. The molecule has 1 N–H and O–H groups in total. The van der Waals surface area contributed by atoms with Crippen LogP contribution in [-0.4, -0.2) is 25.3 Å². The van der Waals surface area contributed by atoms with E-state index in [9.17, 15) is 0 Å². The standard InChI is InChI=1S/C11H20N2O/c1-2-4-11-9-10(5-8-14-11)13-7-3-6-12/h10-11,13H,2-5,7-9H2,1H3. The number of rotatable bonds is 5. The van der Waals surface area contributed by atoms with Crippen molar-refractivity contribution in [3.05, 3.63) is 0 Å². The van der Waals surface area contributed by atoms with Crippen LogP contribution in [0.3, 0.4) is 0 Å². The average Bonchev–Trinajstić information content (AvgIpc) is 2.19. The molecule has 2 unspecified atom stereocenters. The summed E-state index contributed by atoms with van der Waals surface area (Å²) < 4.78 is 5.65. The van der Waals surface area contributed by atoms with Crippen LogP contribution in [0.15, 0.2) is 0 Å². The summed E-state index contributed by atoms with van der Waals surface area (Å²) in [5, 5.41) is 11.8. The van der Waals surface area contributed by atoms with E-state index in [4.69, 9.17) is 10.00 Å². The Kier molecular flexibility index (Phi) is 5.58. The molecule has 3 heteroatoms. The molecular weight excluding hydrogens is 176 g/mol. The zero-order chi connectivity index (χ0) is 10.2. The van der Waals surface area contributed by atoms with Crippen molar-refractivity contribution in [3.63, 3.8) is 0 Å². The second-order valence-corrected chi connectivity index (χ2v) is 3.87. The van der Waals surface area contributed by atoms with Crippen LogP contribution in [-0.2, 0) is 4.74 Å². The van der Waals surface area contributed by atoms with E-state index in [-0.39, 0.29) is 0 Å². The van der Waals surface area contributed by atoms with E-state index in [1.807, 2.05) is 0 Å². The molecule has 0 amide bonds. The van der Waals surface area contributed by atoms with Gasteiger partial charge in [0.2, 0.25) is 0 Å². The van der Waals surface area contributed by atoms with Gasteiger partial charge >= 0.3 is 0 Å². The molecule has 1 heterocycles. The lowest BCUT2D eigenvalue weighted by Crippen LogP contribution is -2.39. The van der Waals surface area contributed by atoms with Crippen LogP contribution in [0.5, 0.6) is 0 Å². The molecule has 1 saturated heterocycles. The first-order valence-electron chi connectivity index (χ1n) is 5.58. The van der Waals surface area contributed by atoms with E-state index in [0.29, 0.717) is 18.6 Å². The lowest BCUT2D eigenvalue weighted by atomic mass is 10.00. The van der Waals surface area contributed by atoms with Crippen molar-refractivity contribution in [2.75, 3.05) is 13.2 Å². The second-order valence-electron chi connectivity index (χ2n) is 3.87. The van der Waals surface area contributed by atoms with Gasteiger partial charge in [0.15, 0.2) is 0 Å². The summed E-state index contributed by atoms with van der Waals surface area (Å²) in [5.41, 5.74) is 0. The van der Waals surface area contributed by atoms with Crippen LogP contribution in [0, 0.1) is 11.3 Å². The lowest BCUT2D eigenvalue weighted by molar-refractivity contribution is -0.00295. The third-order valence-corrected chi connectivity index (χ3v) is 2.65. The van der Waals surface area contributed by atoms with Crippen LogP contribution >= 0.6 is 0 Å². The van der Waals surface area contributed by atoms with Crippen molar-refractivity contribution in [1.82, 2.24) is 5.32 Å². The fraction of sp³-hybridized carbons (Fsp3) is 0.909. The minimum absolute atomic E-state index is 0.438. The summed E-state index contributed by atoms with van der Waals surface area (Å²) in [7, 11) is 0. The van der Waals surface area contributed by atoms with Gasteiger partial charge in [-0.1, -0.05) is 13.3 Å². The van der Waals surface area contributed by atoms with E-state index >= 15 is 0 Å². The molecule has 0 spiro atoms. The molecule has 3 nitrogen and oxygen atoms in total. The minimum Gasteiger partial charge on any atom is -0.378 e. The van der Waals surface area contributed by atoms with Gasteiger partial charge in [0.25, 0.3) is 0 Å². The highest BCUT2D eigenvalue weighted by Gasteiger charge is 2.20. The van der Waals surface area contributed by atoms with Crippen molar-refractivity contribution in [2.45, 2.75) is 51.2 Å². The molecule has 2 atom stereocenters. The number of nitrogens with one attached hydrogen (secondary N) is 1. The summed E-state index contributed by atoms with van der Waals surface area (Å²) in [6, 6.07) is 2.71. The third kappa shape index (κ3) is 4.08. The summed E-state index contributed by atoms with van der Waals surface area (Å²) in [5.74, 6) is 0. The average molecular weight is 196 g/mol. The fourth-order valence-corrected chi connectivity index (χ4v) is 1.92. The minimum atomic E-state index is 0.438. The van der Waals surface area contributed by atoms with Crippen LogP contribution in [0.1, 0.15) is 39.0 Å². The Morgan fingerprint density at radius 1 is 1.57 bits per heavy atom. The molecule has 0 aromatic rings. The van der Waals surface area contributed by atoms with Crippen molar-refractivity contribution in [1.29, 1.82) is 5.26 Å². The summed E-state index contributed by atoms with van der Waals surface area (Å²) >= 11 is 0. The SMILES string of the molecule is CCCC1CC(NCCC#N)CCO1. The zero-order valence-corrected chi connectivity index (χ0v) is 8.96. The van der Waals surface area contributed by atoms with E-state index in [2.05, 4.69) is 18.3 Å². The van der Waals surface area contributed by atoms with Crippen molar-refractivity contribution in [2.24, 2.45) is 0 Å². The Morgan fingerprint density at radius 3 is 3.14 bits per heavy atom. The molecule has 1 fully saturated rings. The monoisotopic (exact) mass is 196 g/mol. The Bertz CT molecular complexity index is 186. The smallest absolute Gasteiger partial charge is 0.0635 e. The first kappa shape index (κ1) is 11.5. The van der Waals surface area contributed by atoms with Gasteiger partial charge in [-0.25, -0.2) is 0 Å². The first-order chi connectivity index (χ1) is 6.86. The highest BCUT2D eigenvalue weighted by Crippen LogP contribution is 2.17. The van der Waals surface area contributed by atoms with Crippen LogP contribution in [0.2, 0.25) is 0 Å². The largest absolute Gasteiger partial charge is 0.378 e. The van der Waals surface area contributed by atoms with Gasteiger partial charge in [0.05, 0.1) is 12.2 Å². The van der Waals surface area contributed by atoms with Gasteiger partial charge in [0, 0.05) is 25.6 Å². The second kappa shape index (κ2) is 6.80. The fourth-order valence-electron chi connectivity index (χ4n) is 1.92. The topological polar surface area (TPSA) is 45.0 Å². The van der Waals surface area contributed by atoms with Gasteiger partial charge in [-0.05, 0) is 19.3 Å². The quantitative estimate of drug-likeness (QED) is 0.682. The first-order valence-corrected chi connectivity index (χ1v) is 5.58. The maximum Gasteiger partial charge on any atom is 0.0635 e. The molecule has 0 aliphatic carbocycles. The van der Waals surface area contributed by atoms with Crippen LogP contribution in [0.4, 0.5) is 0 Å². The Hall–Kier alpha value is -0.590. The maximum atomic E-state index is 8.42. The summed E-state index contributed by atoms with van der Waals surface area (Å²) in [6.07, 6.45) is 5.60. The van der Waals surface area contributed by atoms with E-state index in [1.54, 1.807) is 0 Å². The Labute approximate surface area is 86.4 Å².